The Labute approximate surface area is 115 Å². The molecule has 4 heteroatoms. The summed E-state index contributed by atoms with van der Waals surface area (Å²) in [6.45, 7) is 1.16. The molecule has 3 fully saturated rings. The van der Waals surface area contributed by atoms with E-state index in [-0.39, 0.29) is 0 Å². The van der Waals surface area contributed by atoms with E-state index in [9.17, 15) is 9.90 Å². The SMILES string of the molecule is CN(CC1CCC1)C1CCC(NC2CC2)(C(=O)O)C1. The van der Waals surface area contributed by atoms with Crippen LogP contribution in [0.3, 0.4) is 0 Å². The smallest absolute Gasteiger partial charge is 0.323 e. The fraction of sp³-hybridized carbons (Fsp3) is 0.933. The highest BCUT2D eigenvalue weighted by Gasteiger charge is 2.49. The molecule has 0 heterocycles. The van der Waals surface area contributed by atoms with E-state index in [2.05, 4.69) is 17.3 Å². The van der Waals surface area contributed by atoms with Gasteiger partial charge >= 0.3 is 5.97 Å². The van der Waals surface area contributed by atoms with Gasteiger partial charge < -0.3 is 10.0 Å². The zero-order chi connectivity index (χ0) is 13.5. The maximum absolute atomic E-state index is 11.7. The van der Waals surface area contributed by atoms with Crippen molar-refractivity contribution < 1.29 is 9.90 Å². The monoisotopic (exact) mass is 266 g/mol. The summed E-state index contributed by atoms with van der Waals surface area (Å²) in [5, 5.41) is 13.0. The number of aliphatic carboxylic acids is 1. The second kappa shape index (κ2) is 5.06. The van der Waals surface area contributed by atoms with Crippen LogP contribution in [0.2, 0.25) is 0 Å². The molecule has 0 aromatic carbocycles. The quantitative estimate of drug-likeness (QED) is 0.770. The number of carboxylic acid groups (broad SMARTS) is 1. The topological polar surface area (TPSA) is 52.6 Å². The van der Waals surface area contributed by atoms with Crippen LogP contribution in [0.4, 0.5) is 0 Å². The third-order valence-electron chi connectivity index (χ3n) is 5.35. The van der Waals surface area contributed by atoms with Crippen LogP contribution < -0.4 is 5.32 Å². The molecule has 4 nitrogen and oxygen atoms in total. The minimum Gasteiger partial charge on any atom is -0.480 e. The zero-order valence-electron chi connectivity index (χ0n) is 11.9. The summed E-state index contributed by atoms with van der Waals surface area (Å²) in [5.41, 5.74) is -0.639. The first kappa shape index (κ1) is 13.4. The molecule has 0 aromatic rings. The van der Waals surface area contributed by atoms with Crippen molar-refractivity contribution in [1.82, 2.24) is 10.2 Å². The van der Waals surface area contributed by atoms with Crippen LogP contribution in [-0.4, -0.2) is 47.2 Å². The predicted octanol–water partition coefficient (Wildman–Crippen LogP) is 1.85. The molecule has 0 amide bonds. The van der Waals surface area contributed by atoms with Crippen LogP contribution in [0, 0.1) is 5.92 Å². The van der Waals surface area contributed by atoms with Gasteiger partial charge in [0.2, 0.25) is 0 Å². The van der Waals surface area contributed by atoms with Gasteiger partial charge in [-0.3, -0.25) is 10.1 Å². The standard InChI is InChI=1S/C15H26N2O2/c1-17(10-11-3-2-4-11)13-7-8-15(9-13,14(18)19)16-12-5-6-12/h11-13,16H,2-10H2,1H3,(H,18,19). The van der Waals surface area contributed by atoms with E-state index in [0.29, 0.717) is 12.1 Å². The molecule has 2 atom stereocenters. The third-order valence-corrected chi connectivity index (χ3v) is 5.35. The molecule has 3 aliphatic rings. The van der Waals surface area contributed by atoms with E-state index in [1.54, 1.807) is 0 Å². The van der Waals surface area contributed by atoms with Crippen LogP contribution in [0.25, 0.3) is 0 Å². The van der Waals surface area contributed by atoms with Gasteiger partial charge in [0.1, 0.15) is 5.54 Å². The third kappa shape index (κ3) is 2.79. The lowest BCUT2D eigenvalue weighted by molar-refractivity contribution is -0.145. The van der Waals surface area contributed by atoms with Crippen molar-refractivity contribution in [3.05, 3.63) is 0 Å². The van der Waals surface area contributed by atoms with Gasteiger partial charge in [-0.2, -0.15) is 0 Å². The van der Waals surface area contributed by atoms with Crippen LogP contribution in [0.15, 0.2) is 0 Å². The number of hydrogen-bond acceptors (Lipinski definition) is 3. The number of carboxylic acids is 1. The minimum absolute atomic E-state index is 0.447. The summed E-state index contributed by atoms with van der Waals surface area (Å²) < 4.78 is 0. The summed E-state index contributed by atoms with van der Waals surface area (Å²) in [4.78, 5) is 14.1. The molecule has 0 aliphatic heterocycles. The normalized spacial score (nSPS) is 35.6. The van der Waals surface area contributed by atoms with Crippen molar-refractivity contribution in [2.75, 3.05) is 13.6 Å². The summed E-state index contributed by atoms with van der Waals surface area (Å²) in [7, 11) is 2.18. The molecular weight excluding hydrogens is 240 g/mol. The van der Waals surface area contributed by atoms with Gasteiger partial charge in [-0.05, 0) is 57.9 Å². The van der Waals surface area contributed by atoms with Crippen molar-refractivity contribution in [2.45, 2.75) is 69.0 Å². The molecule has 0 aromatic heterocycles. The van der Waals surface area contributed by atoms with E-state index in [0.717, 1.165) is 44.6 Å². The second-order valence-corrected chi connectivity index (χ2v) is 6.94. The van der Waals surface area contributed by atoms with Crippen molar-refractivity contribution in [3.63, 3.8) is 0 Å². The highest BCUT2D eigenvalue weighted by Crippen LogP contribution is 2.37. The largest absolute Gasteiger partial charge is 0.480 e. The molecule has 3 aliphatic carbocycles. The lowest BCUT2D eigenvalue weighted by atomic mass is 9.85. The number of rotatable bonds is 6. The van der Waals surface area contributed by atoms with E-state index in [1.165, 1.54) is 19.3 Å². The highest BCUT2D eigenvalue weighted by atomic mass is 16.4. The minimum atomic E-state index is -0.640. The maximum atomic E-state index is 11.7. The average molecular weight is 266 g/mol. The van der Waals surface area contributed by atoms with Crippen molar-refractivity contribution in [3.8, 4) is 0 Å². The van der Waals surface area contributed by atoms with Crippen molar-refractivity contribution in [2.24, 2.45) is 5.92 Å². The van der Waals surface area contributed by atoms with Crippen molar-refractivity contribution in [1.29, 1.82) is 0 Å². The molecule has 0 spiro atoms. The first-order valence-electron chi connectivity index (χ1n) is 7.80. The molecule has 3 rings (SSSR count). The predicted molar refractivity (Wildman–Crippen MR) is 74.1 cm³/mol. The molecule has 0 saturated heterocycles. The Morgan fingerprint density at radius 1 is 1.32 bits per heavy atom. The zero-order valence-corrected chi connectivity index (χ0v) is 11.9. The molecule has 108 valence electrons. The molecule has 0 bridgehead atoms. The Morgan fingerprint density at radius 2 is 2.05 bits per heavy atom. The fourth-order valence-electron chi connectivity index (χ4n) is 3.63. The van der Waals surface area contributed by atoms with Gasteiger partial charge in [0, 0.05) is 18.6 Å². The highest BCUT2D eigenvalue weighted by molar-refractivity contribution is 5.79. The van der Waals surface area contributed by atoms with Crippen LogP contribution in [-0.2, 0) is 4.79 Å². The van der Waals surface area contributed by atoms with Crippen molar-refractivity contribution >= 4 is 5.97 Å². The summed E-state index contributed by atoms with van der Waals surface area (Å²) >= 11 is 0. The summed E-state index contributed by atoms with van der Waals surface area (Å²) in [6, 6.07) is 0.912. The van der Waals surface area contributed by atoms with Gasteiger partial charge in [0.05, 0.1) is 0 Å². The maximum Gasteiger partial charge on any atom is 0.323 e. The first-order valence-corrected chi connectivity index (χ1v) is 7.80. The second-order valence-electron chi connectivity index (χ2n) is 6.94. The lowest BCUT2D eigenvalue weighted by Crippen LogP contribution is -2.52. The van der Waals surface area contributed by atoms with E-state index < -0.39 is 11.5 Å². The molecule has 3 saturated carbocycles. The van der Waals surface area contributed by atoms with E-state index >= 15 is 0 Å². The Kier molecular flexibility index (Phi) is 3.56. The summed E-state index contributed by atoms with van der Waals surface area (Å²) in [6.07, 6.45) is 9.00. The van der Waals surface area contributed by atoms with Gasteiger partial charge in [-0.15, -0.1) is 0 Å². The average Bonchev–Trinajstić information content (AvgIpc) is 3.00. The Balaban J connectivity index is 1.58. The molecule has 2 unspecified atom stereocenters. The number of nitrogens with zero attached hydrogens (tertiary/aromatic N) is 1. The van der Waals surface area contributed by atoms with Crippen LogP contribution in [0.5, 0.6) is 0 Å². The van der Waals surface area contributed by atoms with Gasteiger partial charge in [-0.1, -0.05) is 6.42 Å². The number of hydrogen-bond donors (Lipinski definition) is 2. The lowest BCUT2D eigenvalue weighted by Gasteiger charge is -2.34. The Hall–Kier alpha value is -0.610. The van der Waals surface area contributed by atoms with Gasteiger partial charge in [0.25, 0.3) is 0 Å². The molecule has 2 N–H and O–H groups in total. The molecule has 0 radical (unpaired) electrons. The van der Waals surface area contributed by atoms with E-state index in [1.807, 2.05) is 0 Å². The number of carbonyl (C=O) groups is 1. The molecular formula is C15H26N2O2. The summed E-state index contributed by atoms with van der Waals surface area (Å²) in [5.74, 6) is 0.222. The Morgan fingerprint density at radius 3 is 2.58 bits per heavy atom. The van der Waals surface area contributed by atoms with E-state index in [4.69, 9.17) is 0 Å². The van der Waals surface area contributed by atoms with Crippen LogP contribution in [0.1, 0.15) is 51.4 Å². The molecule has 19 heavy (non-hydrogen) atoms. The van der Waals surface area contributed by atoms with Crippen LogP contribution >= 0.6 is 0 Å². The Bertz CT molecular complexity index is 352. The van der Waals surface area contributed by atoms with Gasteiger partial charge in [-0.25, -0.2) is 0 Å². The number of nitrogens with one attached hydrogen (secondary N) is 1. The fourth-order valence-corrected chi connectivity index (χ4v) is 3.63. The first-order chi connectivity index (χ1) is 9.09. The van der Waals surface area contributed by atoms with Gasteiger partial charge in [0.15, 0.2) is 0 Å².